The predicted octanol–water partition coefficient (Wildman–Crippen LogP) is 3.07. The molecule has 0 bridgehead atoms. The summed E-state index contributed by atoms with van der Waals surface area (Å²) in [5, 5.41) is 17.5. The molecule has 2 aromatic heterocycles. The molecule has 0 unspecified atom stereocenters. The Balaban J connectivity index is 2.05. The Morgan fingerprint density at radius 1 is 1.17 bits per heavy atom. The molecule has 7 heteroatoms. The molecule has 124 valence electrons. The van der Waals surface area contributed by atoms with E-state index in [9.17, 15) is 9.90 Å². The van der Waals surface area contributed by atoms with Gasteiger partial charge in [0.15, 0.2) is 0 Å². The molecule has 1 N–H and O–H groups in total. The maximum absolute atomic E-state index is 11.4. The summed E-state index contributed by atoms with van der Waals surface area (Å²) in [6.07, 6.45) is 0. The van der Waals surface area contributed by atoms with Crippen LogP contribution in [0.3, 0.4) is 0 Å². The highest BCUT2D eigenvalue weighted by Crippen LogP contribution is 2.31. The number of carboxylic acids is 1. The first-order valence-corrected chi connectivity index (χ1v) is 7.31. The molecule has 24 heavy (non-hydrogen) atoms. The minimum atomic E-state index is -0.971. The van der Waals surface area contributed by atoms with Crippen LogP contribution >= 0.6 is 0 Å². The van der Waals surface area contributed by atoms with Crippen LogP contribution in [-0.4, -0.2) is 33.0 Å². The van der Waals surface area contributed by atoms with E-state index in [1.165, 1.54) is 0 Å². The SMILES string of the molecule is COc1ccc(-c2nnc(-c3c(C)c(C(=O)O)c(C)n3C)o2)cc1. The van der Waals surface area contributed by atoms with E-state index in [-0.39, 0.29) is 11.5 Å². The fourth-order valence-corrected chi connectivity index (χ4v) is 2.76. The van der Waals surface area contributed by atoms with Crippen LogP contribution in [0.15, 0.2) is 28.7 Å². The number of benzene rings is 1. The molecule has 0 aliphatic carbocycles. The number of aromatic nitrogens is 3. The number of hydrogen-bond acceptors (Lipinski definition) is 5. The molecule has 1 aromatic carbocycles. The van der Waals surface area contributed by atoms with Gasteiger partial charge >= 0.3 is 5.97 Å². The minimum absolute atomic E-state index is 0.261. The molecule has 0 fully saturated rings. The third kappa shape index (κ3) is 2.44. The summed E-state index contributed by atoms with van der Waals surface area (Å²) in [5.74, 6) is 0.416. The van der Waals surface area contributed by atoms with E-state index in [1.54, 1.807) is 44.7 Å². The zero-order chi connectivity index (χ0) is 17.4. The van der Waals surface area contributed by atoms with Crippen molar-refractivity contribution in [1.29, 1.82) is 0 Å². The standard InChI is InChI=1S/C17H17N3O4/c1-9-13(17(21)22)10(2)20(3)14(9)16-19-18-15(24-16)11-5-7-12(23-4)8-6-11/h5-8H,1-4H3,(H,21,22). The second-order valence-corrected chi connectivity index (χ2v) is 5.44. The van der Waals surface area contributed by atoms with E-state index in [0.717, 1.165) is 11.3 Å². The van der Waals surface area contributed by atoms with Crippen molar-refractivity contribution in [2.75, 3.05) is 7.11 Å². The van der Waals surface area contributed by atoms with Gasteiger partial charge in [0, 0.05) is 18.3 Å². The van der Waals surface area contributed by atoms with Gasteiger partial charge in [-0.2, -0.15) is 0 Å². The first-order chi connectivity index (χ1) is 11.4. The maximum Gasteiger partial charge on any atom is 0.337 e. The third-order valence-electron chi connectivity index (χ3n) is 4.11. The van der Waals surface area contributed by atoms with Gasteiger partial charge in [0.1, 0.15) is 11.4 Å². The number of hydrogen-bond donors (Lipinski definition) is 1. The van der Waals surface area contributed by atoms with E-state index >= 15 is 0 Å². The van der Waals surface area contributed by atoms with Crippen molar-refractivity contribution in [3.63, 3.8) is 0 Å². The Kier molecular flexibility index (Phi) is 3.84. The molecule has 0 saturated heterocycles. The molecule has 0 radical (unpaired) electrons. The molecule has 2 heterocycles. The molecule has 0 aliphatic rings. The molecule has 3 rings (SSSR count). The van der Waals surface area contributed by atoms with Gasteiger partial charge in [-0.1, -0.05) is 0 Å². The van der Waals surface area contributed by atoms with E-state index < -0.39 is 5.97 Å². The molecular formula is C17H17N3O4. The number of nitrogens with zero attached hydrogens (tertiary/aromatic N) is 3. The number of carboxylic acid groups (broad SMARTS) is 1. The molecule has 0 saturated carbocycles. The zero-order valence-electron chi connectivity index (χ0n) is 13.8. The minimum Gasteiger partial charge on any atom is -0.497 e. The van der Waals surface area contributed by atoms with Gasteiger partial charge in [-0.25, -0.2) is 4.79 Å². The van der Waals surface area contributed by atoms with Crippen molar-refractivity contribution in [3.05, 3.63) is 41.1 Å². The zero-order valence-corrected chi connectivity index (χ0v) is 13.8. The van der Waals surface area contributed by atoms with Crippen molar-refractivity contribution >= 4 is 5.97 Å². The van der Waals surface area contributed by atoms with Gasteiger partial charge in [0.25, 0.3) is 5.89 Å². The Morgan fingerprint density at radius 3 is 2.33 bits per heavy atom. The summed E-state index contributed by atoms with van der Waals surface area (Å²) in [5.41, 5.74) is 2.87. The van der Waals surface area contributed by atoms with Crippen molar-refractivity contribution in [1.82, 2.24) is 14.8 Å². The Bertz CT molecular complexity index is 907. The second-order valence-electron chi connectivity index (χ2n) is 5.44. The van der Waals surface area contributed by atoms with E-state index in [2.05, 4.69) is 10.2 Å². The van der Waals surface area contributed by atoms with Crippen LogP contribution in [0.1, 0.15) is 21.6 Å². The quantitative estimate of drug-likeness (QED) is 0.792. The Morgan fingerprint density at radius 2 is 1.79 bits per heavy atom. The fourth-order valence-electron chi connectivity index (χ4n) is 2.76. The summed E-state index contributed by atoms with van der Waals surface area (Å²) in [6.45, 7) is 3.49. The van der Waals surface area contributed by atoms with Gasteiger partial charge in [-0.3, -0.25) is 0 Å². The van der Waals surface area contributed by atoms with Gasteiger partial charge < -0.3 is 18.8 Å². The lowest BCUT2D eigenvalue weighted by molar-refractivity contribution is 0.0695. The monoisotopic (exact) mass is 327 g/mol. The smallest absolute Gasteiger partial charge is 0.337 e. The normalized spacial score (nSPS) is 10.8. The summed E-state index contributed by atoms with van der Waals surface area (Å²) >= 11 is 0. The first kappa shape index (κ1) is 15.8. The van der Waals surface area contributed by atoms with Crippen molar-refractivity contribution in [3.8, 4) is 28.8 Å². The van der Waals surface area contributed by atoms with Crippen LogP contribution in [0.5, 0.6) is 5.75 Å². The Hall–Kier alpha value is -3.09. The van der Waals surface area contributed by atoms with E-state index in [0.29, 0.717) is 22.8 Å². The number of methoxy groups -OCH3 is 1. The lowest BCUT2D eigenvalue weighted by Gasteiger charge is -2.01. The average Bonchev–Trinajstić information content (AvgIpc) is 3.11. The molecule has 0 aliphatic heterocycles. The largest absolute Gasteiger partial charge is 0.497 e. The van der Waals surface area contributed by atoms with Crippen LogP contribution in [0.25, 0.3) is 23.0 Å². The molecule has 7 nitrogen and oxygen atoms in total. The van der Waals surface area contributed by atoms with Crippen molar-refractivity contribution in [2.24, 2.45) is 7.05 Å². The van der Waals surface area contributed by atoms with Gasteiger partial charge in [0.05, 0.1) is 12.7 Å². The number of rotatable bonds is 4. The summed E-state index contributed by atoms with van der Waals surface area (Å²) in [6, 6.07) is 7.25. The number of ether oxygens (including phenoxy) is 1. The summed E-state index contributed by atoms with van der Waals surface area (Å²) < 4.78 is 12.6. The first-order valence-electron chi connectivity index (χ1n) is 7.31. The highest BCUT2D eigenvalue weighted by molar-refractivity contribution is 5.93. The number of aromatic carboxylic acids is 1. The fraction of sp³-hybridized carbons (Fsp3) is 0.235. The average molecular weight is 327 g/mol. The van der Waals surface area contributed by atoms with Crippen molar-refractivity contribution < 1.29 is 19.1 Å². The van der Waals surface area contributed by atoms with Gasteiger partial charge in [-0.05, 0) is 43.7 Å². The van der Waals surface area contributed by atoms with E-state index in [4.69, 9.17) is 9.15 Å². The Labute approximate surface area is 138 Å². The summed E-state index contributed by atoms with van der Waals surface area (Å²) in [7, 11) is 3.38. The third-order valence-corrected chi connectivity index (χ3v) is 4.11. The maximum atomic E-state index is 11.4. The molecular weight excluding hydrogens is 310 g/mol. The van der Waals surface area contributed by atoms with Crippen LogP contribution in [0.2, 0.25) is 0 Å². The lowest BCUT2D eigenvalue weighted by atomic mass is 10.1. The van der Waals surface area contributed by atoms with Gasteiger partial charge in [0.2, 0.25) is 5.89 Å². The van der Waals surface area contributed by atoms with E-state index in [1.807, 2.05) is 12.1 Å². The molecule has 0 atom stereocenters. The predicted molar refractivity (Wildman–Crippen MR) is 87.1 cm³/mol. The van der Waals surface area contributed by atoms with Gasteiger partial charge in [-0.15, -0.1) is 10.2 Å². The number of carbonyl (C=O) groups is 1. The van der Waals surface area contributed by atoms with Crippen LogP contribution < -0.4 is 4.74 Å². The molecule has 3 aromatic rings. The van der Waals surface area contributed by atoms with Crippen molar-refractivity contribution in [2.45, 2.75) is 13.8 Å². The molecule has 0 amide bonds. The van der Waals surface area contributed by atoms with Crippen LogP contribution in [0.4, 0.5) is 0 Å². The topological polar surface area (TPSA) is 90.4 Å². The second kappa shape index (κ2) is 5.84. The summed E-state index contributed by atoms with van der Waals surface area (Å²) in [4.78, 5) is 11.4. The highest BCUT2D eigenvalue weighted by Gasteiger charge is 2.24. The van der Waals surface area contributed by atoms with Crippen LogP contribution in [0, 0.1) is 13.8 Å². The van der Waals surface area contributed by atoms with Crippen LogP contribution in [-0.2, 0) is 7.05 Å². The lowest BCUT2D eigenvalue weighted by Crippen LogP contribution is -2.00. The molecule has 0 spiro atoms. The highest BCUT2D eigenvalue weighted by atomic mass is 16.5.